The van der Waals surface area contributed by atoms with Crippen molar-refractivity contribution in [1.29, 1.82) is 0 Å². The van der Waals surface area contributed by atoms with E-state index < -0.39 is 5.82 Å². The summed E-state index contributed by atoms with van der Waals surface area (Å²) in [7, 11) is 1.87. The van der Waals surface area contributed by atoms with Crippen LogP contribution in [0.4, 0.5) is 4.39 Å². The first-order valence-corrected chi connectivity index (χ1v) is 6.27. The lowest BCUT2D eigenvalue weighted by Crippen LogP contribution is -2.29. The molecule has 98 valence electrons. The fourth-order valence-electron chi connectivity index (χ4n) is 2.21. The first kappa shape index (κ1) is 13.4. The molecule has 0 spiro atoms. The smallest absolute Gasteiger partial charge is 0.184 e. The molecular formula is C14H17ClFNO. The second kappa shape index (κ2) is 4.56. The number of hydrogen-bond acceptors (Lipinski definition) is 2. The van der Waals surface area contributed by atoms with Crippen LogP contribution in [0.5, 0.6) is 0 Å². The van der Waals surface area contributed by atoms with E-state index in [4.69, 9.17) is 16.0 Å². The highest BCUT2D eigenvalue weighted by molar-refractivity contribution is 6.31. The van der Waals surface area contributed by atoms with E-state index in [1.54, 1.807) is 12.1 Å². The third-order valence-corrected chi connectivity index (χ3v) is 3.33. The fourth-order valence-corrected chi connectivity index (χ4v) is 2.36. The Morgan fingerprint density at radius 1 is 1.33 bits per heavy atom. The Labute approximate surface area is 111 Å². The molecule has 0 fully saturated rings. The second-order valence-corrected chi connectivity index (χ2v) is 5.92. The van der Waals surface area contributed by atoms with Crippen LogP contribution in [0, 0.1) is 11.2 Å². The summed E-state index contributed by atoms with van der Waals surface area (Å²) in [6.45, 7) is 6.31. The molecule has 0 aliphatic carbocycles. The summed E-state index contributed by atoms with van der Waals surface area (Å²) in [5.74, 6) is 0.227. The third-order valence-electron chi connectivity index (χ3n) is 3.04. The molecule has 0 saturated carbocycles. The number of fused-ring (bicyclic) bond motifs is 1. The second-order valence-electron chi connectivity index (χ2n) is 5.52. The highest BCUT2D eigenvalue weighted by Crippen LogP contribution is 2.36. The minimum atomic E-state index is -0.496. The summed E-state index contributed by atoms with van der Waals surface area (Å²) in [6.07, 6.45) is 0. The van der Waals surface area contributed by atoms with Crippen molar-refractivity contribution in [2.24, 2.45) is 5.41 Å². The number of hydrogen-bond donors (Lipinski definition) is 1. The van der Waals surface area contributed by atoms with Crippen molar-refractivity contribution in [1.82, 2.24) is 5.32 Å². The van der Waals surface area contributed by atoms with Gasteiger partial charge in [-0.1, -0.05) is 32.4 Å². The lowest BCUT2D eigenvalue weighted by atomic mass is 9.85. The van der Waals surface area contributed by atoms with Gasteiger partial charge in [-0.25, -0.2) is 4.39 Å². The monoisotopic (exact) mass is 269 g/mol. The molecular weight excluding hydrogens is 253 g/mol. The highest BCUT2D eigenvalue weighted by atomic mass is 35.5. The van der Waals surface area contributed by atoms with Gasteiger partial charge < -0.3 is 9.73 Å². The van der Waals surface area contributed by atoms with Crippen LogP contribution in [-0.2, 0) is 0 Å². The molecule has 1 N–H and O–H groups in total. The normalized spacial score (nSPS) is 14.1. The minimum absolute atomic E-state index is 0.0167. The quantitative estimate of drug-likeness (QED) is 0.866. The molecule has 0 radical (unpaired) electrons. The standard InChI is InChI=1S/C14H17ClFNO/c1-14(2,3)13(17-4)10-7-8-5-6-9(15)11(16)12(8)18-10/h5-7,13,17H,1-4H3. The number of benzene rings is 1. The molecule has 4 heteroatoms. The summed E-state index contributed by atoms with van der Waals surface area (Å²) in [5, 5.41) is 4.02. The number of furan rings is 1. The predicted octanol–water partition coefficient (Wildman–Crippen LogP) is 4.53. The minimum Gasteiger partial charge on any atom is -0.456 e. The number of halogens is 2. The molecule has 2 aromatic rings. The number of nitrogens with one attached hydrogen (secondary N) is 1. The Balaban J connectivity index is 2.56. The zero-order valence-electron chi connectivity index (χ0n) is 11.0. The van der Waals surface area contributed by atoms with Crippen LogP contribution in [0.3, 0.4) is 0 Å². The van der Waals surface area contributed by atoms with Gasteiger partial charge in [-0.05, 0) is 30.7 Å². The van der Waals surface area contributed by atoms with Gasteiger partial charge in [0.25, 0.3) is 0 Å². The largest absolute Gasteiger partial charge is 0.456 e. The summed E-state index contributed by atoms with van der Waals surface area (Å²) in [5.41, 5.74) is 0.199. The van der Waals surface area contributed by atoms with E-state index in [1.807, 2.05) is 13.1 Å². The molecule has 2 rings (SSSR count). The van der Waals surface area contributed by atoms with E-state index >= 15 is 0 Å². The first-order chi connectivity index (χ1) is 8.34. The average molecular weight is 270 g/mol. The molecule has 0 amide bonds. The summed E-state index contributed by atoms with van der Waals surface area (Å²) in [4.78, 5) is 0. The average Bonchev–Trinajstić information content (AvgIpc) is 2.67. The van der Waals surface area contributed by atoms with E-state index in [0.717, 1.165) is 11.1 Å². The Morgan fingerprint density at radius 3 is 2.56 bits per heavy atom. The molecule has 18 heavy (non-hydrogen) atoms. The highest BCUT2D eigenvalue weighted by Gasteiger charge is 2.28. The van der Waals surface area contributed by atoms with Crippen LogP contribution in [0.1, 0.15) is 32.6 Å². The lowest BCUT2D eigenvalue weighted by molar-refractivity contribution is 0.253. The van der Waals surface area contributed by atoms with Crippen LogP contribution in [0.25, 0.3) is 11.0 Å². The van der Waals surface area contributed by atoms with E-state index in [-0.39, 0.29) is 22.1 Å². The molecule has 1 atom stereocenters. The van der Waals surface area contributed by atoms with Gasteiger partial charge in [0.1, 0.15) is 5.76 Å². The fraction of sp³-hybridized carbons (Fsp3) is 0.429. The van der Waals surface area contributed by atoms with Gasteiger partial charge in [-0.15, -0.1) is 0 Å². The molecule has 2 nitrogen and oxygen atoms in total. The third kappa shape index (κ3) is 2.25. The number of rotatable bonds is 2. The molecule has 1 heterocycles. The van der Waals surface area contributed by atoms with Gasteiger partial charge in [0.2, 0.25) is 0 Å². The maximum Gasteiger partial charge on any atom is 0.184 e. The first-order valence-electron chi connectivity index (χ1n) is 5.89. The van der Waals surface area contributed by atoms with Crippen molar-refractivity contribution in [3.05, 3.63) is 34.8 Å². The van der Waals surface area contributed by atoms with Crippen LogP contribution in [0.2, 0.25) is 5.02 Å². The van der Waals surface area contributed by atoms with Crippen LogP contribution in [-0.4, -0.2) is 7.05 Å². The molecule has 1 aromatic carbocycles. The topological polar surface area (TPSA) is 25.2 Å². The van der Waals surface area contributed by atoms with Gasteiger partial charge in [-0.2, -0.15) is 0 Å². The zero-order valence-corrected chi connectivity index (χ0v) is 11.7. The van der Waals surface area contributed by atoms with E-state index in [1.165, 1.54) is 0 Å². The zero-order chi connectivity index (χ0) is 13.5. The van der Waals surface area contributed by atoms with Crippen molar-refractivity contribution in [3.63, 3.8) is 0 Å². The van der Waals surface area contributed by atoms with Crippen molar-refractivity contribution < 1.29 is 8.81 Å². The Hall–Kier alpha value is -1.06. The Bertz CT molecular complexity index is 571. The van der Waals surface area contributed by atoms with E-state index in [2.05, 4.69) is 26.1 Å². The molecule has 1 aromatic heterocycles. The summed E-state index contributed by atoms with van der Waals surface area (Å²) < 4.78 is 19.5. The van der Waals surface area contributed by atoms with Gasteiger partial charge in [0.05, 0.1) is 11.1 Å². The van der Waals surface area contributed by atoms with Gasteiger partial charge in [0, 0.05) is 5.39 Å². The maximum atomic E-state index is 13.8. The van der Waals surface area contributed by atoms with Crippen LogP contribution < -0.4 is 5.32 Å². The van der Waals surface area contributed by atoms with Crippen molar-refractivity contribution in [3.8, 4) is 0 Å². The van der Waals surface area contributed by atoms with Crippen molar-refractivity contribution in [2.75, 3.05) is 7.05 Å². The van der Waals surface area contributed by atoms with Crippen molar-refractivity contribution in [2.45, 2.75) is 26.8 Å². The van der Waals surface area contributed by atoms with Crippen molar-refractivity contribution >= 4 is 22.6 Å². The molecule has 1 unspecified atom stereocenters. The molecule has 0 bridgehead atoms. The summed E-state index contributed by atoms with van der Waals surface area (Å²) in [6, 6.07) is 5.19. The van der Waals surface area contributed by atoms with Gasteiger partial charge in [0.15, 0.2) is 11.4 Å². The van der Waals surface area contributed by atoms with E-state index in [0.29, 0.717) is 0 Å². The molecule has 0 aliphatic heterocycles. The van der Waals surface area contributed by atoms with Crippen LogP contribution >= 0.6 is 11.6 Å². The SMILES string of the molecule is CNC(c1cc2ccc(Cl)c(F)c2o1)C(C)(C)C. The van der Waals surface area contributed by atoms with Gasteiger partial charge in [-0.3, -0.25) is 0 Å². The predicted molar refractivity (Wildman–Crippen MR) is 72.4 cm³/mol. The molecule has 0 aliphatic rings. The summed E-state index contributed by atoms with van der Waals surface area (Å²) >= 11 is 5.75. The van der Waals surface area contributed by atoms with Crippen LogP contribution in [0.15, 0.2) is 22.6 Å². The van der Waals surface area contributed by atoms with E-state index in [9.17, 15) is 4.39 Å². The Kier molecular flexibility index (Phi) is 3.39. The maximum absolute atomic E-state index is 13.8. The molecule has 0 saturated heterocycles. The van der Waals surface area contributed by atoms with Gasteiger partial charge >= 0.3 is 0 Å². The lowest BCUT2D eigenvalue weighted by Gasteiger charge is -2.28. The Morgan fingerprint density at radius 2 is 2.00 bits per heavy atom.